The van der Waals surface area contributed by atoms with E-state index in [9.17, 15) is 9.50 Å². The summed E-state index contributed by atoms with van der Waals surface area (Å²) in [4.78, 5) is 2.35. The van der Waals surface area contributed by atoms with Gasteiger partial charge in [0.2, 0.25) is 0 Å². The molecule has 1 atom stereocenters. The Labute approximate surface area is 148 Å². The zero-order chi connectivity index (χ0) is 14.1. The molecular weight excluding hydrogens is 350 g/mol. The van der Waals surface area contributed by atoms with Gasteiger partial charge in [-0.3, -0.25) is 4.90 Å². The largest absolute Gasteiger partial charge is 0.506 e. The van der Waals surface area contributed by atoms with Gasteiger partial charge in [-0.15, -0.1) is 24.8 Å². The molecule has 1 aliphatic carbocycles. The average molecular weight is 372 g/mol. The molecule has 0 aromatic heterocycles. The lowest BCUT2D eigenvalue weighted by atomic mass is 9.76. The van der Waals surface area contributed by atoms with Crippen molar-refractivity contribution in [3.63, 3.8) is 0 Å². The van der Waals surface area contributed by atoms with Crippen molar-refractivity contribution < 1.29 is 9.50 Å². The van der Waals surface area contributed by atoms with Crippen molar-refractivity contribution in [2.24, 2.45) is 5.92 Å². The lowest BCUT2D eigenvalue weighted by Gasteiger charge is -2.43. The van der Waals surface area contributed by atoms with Crippen LogP contribution in [0.5, 0.6) is 5.75 Å². The molecule has 1 saturated heterocycles. The van der Waals surface area contributed by atoms with Crippen LogP contribution in [-0.4, -0.2) is 36.2 Å². The monoisotopic (exact) mass is 370 g/mol. The maximum absolute atomic E-state index is 13.7. The first-order chi connectivity index (χ1) is 9.66. The predicted octanol–water partition coefficient (Wildman–Crippen LogP) is 3.77. The van der Waals surface area contributed by atoms with Gasteiger partial charge < -0.3 is 10.4 Å². The predicted molar refractivity (Wildman–Crippen MR) is 92.1 cm³/mol. The highest BCUT2D eigenvalue weighted by atomic mass is 35.5. The van der Waals surface area contributed by atoms with E-state index in [0.29, 0.717) is 11.5 Å². The fourth-order valence-electron chi connectivity index (χ4n) is 3.28. The summed E-state index contributed by atoms with van der Waals surface area (Å²) in [6.45, 7) is 3.73. The van der Waals surface area contributed by atoms with Gasteiger partial charge in [0.15, 0.2) is 0 Å². The maximum Gasteiger partial charge on any atom is 0.139 e. The van der Waals surface area contributed by atoms with Crippen molar-refractivity contribution in [3.8, 4) is 5.75 Å². The van der Waals surface area contributed by atoms with E-state index in [1.807, 2.05) is 0 Å². The third kappa shape index (κ3) is 3.98. The quantitative estimate of drug-likeness (QED) is 0.849. The van der Waals surface area contributed by atoms with E-state index in [0.717, 1.165) is 39.0 Å². The van der Waals surface area contributed by atoms with Gasteiger partial charge in [0.1, 0.15) is 11.6 Å². The van der Waals surface area contributed by atoms with Crippen LogP contribution in [0, 0.1) is 11.7 Å². The van der Waals surface area contributed by atoms with Gasteiger partial charge in [-0.2, -0.15) is 0 Å². The zero-order valence-corrected chi connectivity index (χ0v) is 14.6. The number of hydrogen-bond acceptors (Lipinski definition) is 3. The fourth-order valence-corrected chi connectivity index (χ4v) is 3.49. The molecule has 0 bridgehead atoms. The number of hydrogen-bond donors (Lipinski definition) is 2. The van der Waals surface area contributed by atoms with E-state index in [1.54, 1.807) is 0 Å². The van der Waals surface area contributed by atoms with Crippen LogP contribution in [0.1, 0.15) is 30.9 Å². The van der Waals surface area contributed by atoms with Crippen molar-refractivity contribution in [3.05, 3.63) is 28.5 Å². The summed E-state index contributed by atoms with van der Waals surface area (Å²) in [5, 5.41) is 13.7. The molecule has 0 unspecified atom stereocenters. The second-order valence-electron chi connectivity index (χ2n) is 5.75. The molecule has 1 aromatic rings. The van der Waals surface area contributed by atoms with Crippen molar-refractivity contribution >= 4 is 36.4 Å². The van der Waals surface area contributed by atoms with Gasteiger partial charge in [0.05, 0.1) is 5.02 Å². The van der Waals surface area contributed by atoms with Crippen LogP contribution in [-0.2, 0) is 0 Å². The minimum atomic E-state index is -0.373. The molecular formula is C15H22Cl3FN2O. The molecule has 0 radical (unpaired) electrons. The standard InChI is InChI=1S/C15H20ClFN2O.2ClH/c16-13-9-11(17)8-12(15(13)20)14(10-2-1-3-10)19-6-4-18-5-7-19;;/h8-10,14,18,20H,1-7H2;2*1H/t14-;;/m0../s1. The highest BCUT2D eigenvalue weighted by Gasteiger charge is 2.35. The SMILES string of the molecule is Cl.Cl.Oc1c(Cl)cc(F)cc1[C@H](C1CCC1)N1CCNCC1. The number of nitrogens with one attached hydrogen (secondary N) is 1. The Bertz CT molecular complexity index is 494. The molecule has 7 heteroatoms. The van der Waals surface area contributed by atoms with Crippen LogP contribution >= 0.6 is 36.4 Å². The number of rotatable bonds is 3. The highest BCUT2D eigenvalue weighted by Crippen LogP contribution is 2.45. The fraction of sp³-hybridized carbons (Fsp3) is 0.600. The Morgan fingerprint density at radius 1 is 1.23 bits per heavy atom. The van der Waals surface area contributed by atoms with Gasteiger partial charge in [-0.1, -0.05) is 18.0 Å². The average Bonchev–Trinajstić information content (AvgIpc) is 2.39. The molecule has 1 aliphatic heterocycles. The number of aromatic hydroxyl groups is 1. The van der Waals surface area contributed by atoms with Gasteiger partial charge in [-0.05, 0) is 30.9 Å². The number of piperazine rings is 1. The lowest BCUT2D eigenvalue weighted by molar-refractivity contribution is 0.0817. The normalized spacial score (nSPS) is 20.5. The first-order valence-corrected chi connectivity index (χ1v) is 7.67. The number of nitrogens with zero attached hydrogens (tertiary/aromatic N) is 1. The van der Waals surface area contributed by atoms with Crippen LogP contribution in [0.25, 0.3) is 0 Å². The van der Waals surface area contributed by atoms with Gasteiger partial charge in [0.25, 0.3) is 0 Å². The number of phenols is 1. The first kappa shape index (κ1) is 19.8. The molecule has 0 spiro atoms. The summed E-state index contributed by atoms with van der Waals surface area (Å²) >= 11 is 5.95. The molecule has 126 valence electrons. The Morgan fingerprint density at radius 2 is 1.86 bits per heavy atom. The second-order valence-corrected chi connectivity index (χ2v) is 6.15. The molecule has 22 heavy (non-hydrogen) atoms. The Balaban J connectivity index is 0.00000121. The van der Waals surface area contributed by atoms with Gasteiger partial charge >= 0.3 is 0 Å². The number of benzene rings is 1. The molecule has 3 nitrogen and oxygen atoms in total. The van der Waals surface area contributed by atoms with Crippen LogP contribution in [0.2, 0.25) is 5.02 Å². The van der Waals surface area contributed by atoms with Crippen molar-refractivity contribution in [2.75, 3.05) is 26.2 Å². The molecule has 1 heterocycles. The minimum Gasteiger partial charge on any atom is -0.506 e. The van der Waals surface area contributed by atoms with E-state index in [-0.39, 0.29) is 47.4 Å². The third-order valence-corrected chi connectivity index (χ3v) is 4.81. The summed E-state index contributed by atoms with van der Waals surface area (Å²) in [5.74, 6) is 0.169. The van der Waals surface area contributed by atoms with E-state index in [4.69, 9.17) is 11.6 Å². The molecule has 3 rings (SSSR count). The second kappa shape index (κ2) is 8.55. The molecule has 1 aromatic carbocycles. The van der Waals surface area contributed by atoms with Crippen LogP contribution in [0.3, 0.4) is 0 Å². The summed E-state index contributed by atoms with van der Waals surface area (Å²) < 4.78 is 13.7. The van der Waals surface area contributed by atoms with Crippen LogP contribution in [0.4, 0.5) is 4.39 Å². The Hall–Kier alpha value is -0.260. The lowest BCUT2D eigenvalue weighted by Crippen LogP contribution is -2.47. The molecule has 2 aliphatic rings. The van der Waals surface area contributed by atoms with Crippen LogP contribution in [0.15, 0.2) is 12.1 Å². The Morgan fingerprint density at radius 3 is 2.41 bits per heavy atom. The van der Waals surface area contributed by atoms with Crippen LogP contribution < -0.4 is 5.32 Å². The molecule has 0 amide bonds. The topological polar surface area (TPSA) is 35.5 Å². The summed E-state index contributed by atoms with van der Waals surface area (Å²) in [6, 6.07) is 2.71. The van der Waals surface area contributed by atoms with E-state index >= 15 is 0 Å². The zero-order valence-electron chi connectivity index (χ0n) is 12.2. The molecule has 1 saturated carbocycles. The maximum atomic E-state index is 13.7. The third-order valence-electron chi connectivity index (χ3n) is 4.52. The molecule has 2 fully saturated rings. The Kier molecular flexibility index (Phi) is 7.69. The first-order valence-electron chi connectivity index (χ1n) is 7.29. The number of phenolic OH excluding ortho intramolecular Hbond substituents is 1. The van der Waals surface area contributed by atoms with Crippen molar-refractivity contribution in [2.45, 2.75) is 25.3 Å². The summed E-state index contributed by atoms with van der Waals surface area (Å²) in [6.07, 6.45) is 3.50. The molecule has 2 N–H and O–H groups in total. The smallest absolute Gasteiger partial charge is 0.139 e. The minimum absolute atomic E-state index is 0. The summed E-state index contributed by atoms with van der Waals surface area (Å²) in [7, 11) is 0. The van der Waals surface area contributed by atoms with Gasteiger partial charge in [0, 0.05) is 37.8 Å². The van der Waals surface area contributed by atoms with Gasteiger partial charge in [-0.25, -0.2) is 4.39 Å². The van der Waals surface area contributed by atoms with Crippen molar-refractivity contribution in [1.82, 2.24) is 10.2 Å². The number of halogens is 4. The highest BCUT2D eigenvalue weighted by molar-refractivity contribution is 6.32. The summed E-state index contributed by atoms with van der Waals surface area (Å²) in [5.41, 5.74) is 0.654. The van der Waals surface area contributed by atoms with Crippen molar-refractivity contribution in [1.29, 1.82) is 0 Å². The van der Waals surface area contributed by atoms with E-state index in [2.05, 4.69) is 10.2 Å². The van der Waals surface area contributed by atoms with E-state index < -0.39 is 0 Å². The van der Waals surface area contributed by atoms with E-state index in [1.165, 1.54) is 18.6 Å².